The van der Waals surface area contributed by atoms with Crippen LogP contribution in [0.5, 0.6) is 0 Å². The molecule has 114 valence electrons. The molecular weight excluding hydrogens is 254 g/mol. The summed E-state index contributed by atoms with van der Waals surface area (Å²) in [4.78, 5) is 12.5. The molecule has 0 aromatic heterocycles. The topological polar surface area (TPSA) is 87.7 Å². The van der Waals surface area contributed by atoms with Gasteiger partial charge < -0.3 is 16.3 Å². The van der Waals surface area contributed by atoms with E-state index in [1.807, 2.05) is 0 Å². The van der Waals surface area contributed by atoms with Crippen LogP contribution in [0.25, 0.3) is 0 Å². The van der Waals surface area contributed by atoms with E-state index >= 15 is 0 Å². The molecule has 0 aromatic carbocycles. The van der Waals surface area contributed by atoms with Gasteiger partial charge in [0, 0.05) is 6.54 Å². The van der Waals surface area contributed by atoms with Gasteiger partial charge >= 0.3 is 0 Å². The molecule has 0 aliphatic heterocycles. The molecular formula is C15H27N3O2. The lowest BCUT2D eigenvalue weighted by atomic mass is 9.81. The molecule has 0 radical (unpaired) electrons. The van der Waals surface area contributed by atoms with E-state index in [4.69, 9.17) is 10.9 Å². The first-order chi connectivity index (χ1) is 9.58. The number of amides is 1. The van der Waals surface area contributed by atoms with Gasteiger partial charge in [-0.05, 0) is 37.5 Å². The number of nitrogens with two attached hydrogens (primary N) is 1. The zero-order valence-corrected chi connectivity index (χ0v) is 12.4. The zero-order chi connectivity index (χ0) is 14.6. The van der Waals surface area contributed by atoms with Gasteiger partial charge in [0.15, 0.2) is 5.84 Å². The molecule has 20 heavy (non-hydrogen) atoms. The smallest absolute Gasteiger partial charge is 0.233 e. The van der Waals surface area contributed by atoms with E-state index in [0.717, 1.165) is 25.3 Å². The van der Waals surface area contributed by atoms with Crippen molar-refractivity contribution in [2.75, 3.05) is 6.54 Å². The van der Waals surface area contributed by atoms with Crippen molar-refractivity contribution in [2.45, 2.75) is 58.3 Å². The van der Waals surface area contributed by atoms with E-state index in [0.29, 0.717) is 18.8 Å². The van der Waals surface area contributed by atoms with Crippen molar-refractivity contribution in [3.05, 3.63) is 0 Å². The first-order valence-electron chi connectivity index (χ1n) is 7.85. The Labute approximate surface area is 121 Å². The van der Waals surface area contributed by atoms with Crippen LogP contribution in [0.2, 0.25) is 0 Å². The minimum Gasteiger partial charge on any atom is -0.409 e. The summed E-state index contributed by atoms with van der Waals surface area (Å²) in [5, 5.41) is 15.1. The highest BCUT2D eigenvalue weighted by molar-refractivity contribution is 6.07. The number of nitrogens with zero attached hydrogens (tertiary/aromatic N) is 1. The fourth-order valence-corrected chi connectivity index (χ4v) is 3.83. The van der Waals surface area contributed by atoms with Gasteiger partial charge in [0.05, 0.1) is 0 Å². The average Bonchev–Trinajstić information content (AvgIpc) is 2.95. The van der Waals surface area contributed by atoms with E-state index in [2.05, 4.69) is 17.4 Å². The van der Waals surface area contributed by atoms with Gasteiger partial charge in [-0.1, -0.05) is 37.8 Å². The maximum Gasteiger partial charge on any atom is 0.233 e. The minimum atomic E-state index is -0.769. The Kier molecular flexibility index (Phi) is 4.89. The third kappa shape index (κ3) is 3.07. The summed E-state index contributed by atoms with van der Waals surface area (Å²) in [5.74, 6) is 1.36. The van der Waals surface area contributed by atoms with Crippen molar-refractivity contribution < 1.29 is 10.0 Å². The molecule has 2 atom stereocenters. The molecule has 0 saturated heterocycles. The number of oxime groups is 1. The number of hydrogen-bond acceptors (Lipinski definition) is 3. The van der Waals surface area contributed by atoms with Gasteiger partial charge in [-0.25, -0.2) is 0 Å². The molecule has 2 aliphatic rings. The van der Waals surface area contributed by atoms with Crippen LogP contribution in [0.4, 0.5) is 0 Å². The SMILES string of the molecule is CC1CCCC(CNC(=O)C2(C(N)=NO)CCCC2)C1. The fourth-order valence-electron chi connectivity index (χ4n) is 3.83. The fraction of sp³-hybridized carbons (Fsp3) is 0.867. The summed E-state index contributed by atoms with van der Waals surface area (Å²) >= 11 is 0. The van der Waals surface area contributed by atoms with Crippen molar-refractivity contribution in [2.24, 2.45) is 28.1 Å². The molecule has 0 bridgehead atoms. The Morgan fingerprint density at radius 3 is 2.65 bits per heavy atom. The maximum absolute atomic E-state index is 12.5. The predicted molar refractivity (Wildman–Crippen MR) is 78.4 cm³/mol. The minimum absolute atomic E-state index is 0.0523. The highest BCUT2D eigenvalue weighted by atomic mass is 16.4. The molecule has 2 unspecified atom stereocenters. The lowest BCUT2D eigenvalue weighted by Crippen LogP contribution is -2.49. The number of amidine groups is 1. The zero-order valence-electron chi connectivity index (χ0n) is 12.4. The molecule has 2 fully saturated rings. The molecule has 0 aromatic rings. The van der Waals surface area contributed by atoms with Crippen molar-refractivity contribution in [3.8, 4) is 0 Å². The van der Waals surface area contributed by atoms with E-state index in [1.165, 1.54) is 25.7 Å². The molecule has 4 N–H and O–H groups in total. The van der Waals surface area contributed by atoms with Crippen LogP contribution in [0, 0.1) is 17.3 Å². The van der Waals surface area contributed by atoms with E-state index < -0.39 is 5.41 Å². The number of nitrogens with one attached hydrogen (secondary N) is 1. The molecule has 1 amide bonds. The summed E-state index contributed by atoms with van der Waals surface area (Å²) in [7, 11) is 0. The Bertz CT molecular complexity index is 375. The number of rotatable bonds is 4. The van der Waals surface area contributed by atoms with Crippen LogP contribution < -0.4 is 11.1 Å². The lowest BCUT2D eigenvalue weighted by Gasteiger charge is -2.30. The standard InChI is InChI=1S/C15H27N3O2/c1-11-5-4-6-12(9-11)10-17-14(19)15(13(16)18-20)7-2-3-8-15/h11-12,20H,2-10H2,1H3,(H2,16,18)(H,17,19). The monoisotopic (exact) mass is 281 g/mol. The first kappa shape index (κ1) is 15.1. The van der Waals surface area contributed by atoms with Crippen LogP contribution in [0.3, 0.4) is 0 Å². The van der Waals surface area contributed by atoms with Gasteiger partial charge in [-0.15, -0.1) is 0 Å². The second-order valence-corrected chi connectivity index (χ2v) is 6.62. The summed E-state index contributed by atoms with van der Waals surface area (Å²) in [6.45, 7) is 3.01. The number of carbonyl (C=O) groups is 1. The summed E-state index contributed by atoms with van der Waals surface area (Å²) in [5.41, 5.74) is 5.02. The van der Waals surface area contributed by atoms with E-state index in [1.54, 1.807) is 0 Å². The Balaban J connectivity index is 1.92. The van der Waals surface area contributed by atoms with Gasteiger partial charge in [-0.2, -0.15) is 0 Å². The highest BCUT2D eigenvalue weighted by Gasteiger charge is 2.45. The van der Waals surface area contributed by atoms with Gasteiger partial charge in [0.25, 0.3) is 0 Å². The van der Waals surface area contributed by atoms with Crippen LogP contribution in [0.15, 0.2) is 5.16 Å². The van der Waals surface area contributed by atoms with Crippen molar-refractivity contribution >= 4 is 11.7 Å². The van der Waals surface area contributed by atoms with Crippen molar-refractivity contribution in [3.63, 3.8) is 0 Å². The Morgan fingerprint density at radius 1 is 1.35 bits per heavy atom. The van der Waals surface area contributed by atoms with Gasteiger partial charge in [-0.3, -0.25) is 4.79 Å². The molecule has 5 nitrogen and oxygen atoms in total. The van der Waals surface area contributed by atoms with Crippen LogP contribution >= 0.6 is 0 Å². The largest absolute Gasteiger partial charge is 0.409 e. The average molecular weight is 281 g/mol. The number of carbonyl (C=O) groups excluding carboxylic acids is 1. The summed E-state index contributed by atoms with van der Waals surface area (Å²) < 4.78 is 0. The van der Waals surface area contributed by atoms with Gasteiger partial charge in [0.1, 0.15) is 5.41 Å². The summed E-state index contributed by atoms with van der Waals surface area (Å²) in [6.07, 6.45) is 8.25. The predicted octanol–water partition coefficient (Wildman–Crippen LogP) is 2.24. The van der Waals surface area contributed by atoms with Crippen molar-refractivity contribution in [1.82, 2.24) is 5.32 Å². The third-order valence-electron chi connectivity index (χ3n) is 5.09. The third-order valence-corrected chi connectivity index (χ3v) is 5.09. The molecule has 2 saturated carbocycles. The quantitative estimate of drug-likeness (QED) is 0.319. The number of hydrogen-bond donors (Lipinski definition) is 3. The molecule has 2 aliphatic carbocycles. The lowest BCUT2D eigenvalue weighted by molar-refractivity contribution is -0.127. The molecule has 0 spiro atoms. The second kappa shape index (κ2) is 6.46. The molecule has 5 heteroatoms. The summed E-state index contributed by atoms with van der Waals surface area (Å²) in [6, 6.07) is 0. The van der Waals surface area contributed by atoms with Crippen LogP contribution in [-0.2, 0) is 4.79 Å². The Morgan fingerprint density at radius 2 is 2.05 bits per heavy atom. The molecule has 2 rings (SSSR count). The van der Waals surface area contributed by atoms with Crippen LogP contribution in [-0.4, -0.2) is 23.5 Å². The normalized spacial score (nSPS) is 30.1. The van der Waals surface area contributed by atoms with E-state index in [-0.39, 0.29) is 11.7 Å². The van der Waals surface area contributed by atoms with Crippen molar-refractivity contribution in [1.29, 1.82) is 0 Å². The second-order valence-electron chi connectivity index (χ2n) is 6.62. The highest BCUT2D eigenvalue weighted by Crippen LogP contribution is 2.38. The van der Waals surface area contributed by atoms with Gasteiger partial charge in [0.2, 0.25) is 5.91 Å². The first-order valence-corrected chi connectivity index (χ1v) is 7.85. The maximum atomic E-state index is 12.5. The Hall–Kier alpha value is -1.26. The van der Waals surface area contributed by atoms with E-state index in [9.17, 15) is 4.79 Å². The van der Waals surface area contributed by atoms with Crippen LogP contribution in [0.1, 0.15) is 58.3 Å². The molecule has 0 heterocycles.